The van der Waals surface area contributed by atoms with Gasteiger partial charge >= 0.3 is 16.1 Å². The van der Waals surface area contributed by atoms with Crippen molar-refractivity contribution in [3.8, 4) is 0 Å². The van der Waals surface area contributed by atoms with Gasteiger partial charge in [0.25, 0.3) is 0 Å². The second kappa shape index (κ2) is 5.69. The summed E-state index contributed by atoms with van der Waals surface area (Å²) in [6.45, 7) is 1.59. The molecule has 4 N–H and O–H groups in total. The topological polar surface area (TPSA) is 148 Å². The third-order valence-corrected chi connectivity index (χ3v) is 3.75. The van der Waals surface area contributed by atoms with Gasteiger partial charge in [-0.3, -0.25) is 9.35 Å². The van der Waals surface area contributed by atoms with Crippen LogP contribution in [0.15, 0.2) is 6.33 Å². The summed E-state index contributed by atoms with van der Waals surface area (Å²) in [7, 11) is -4.41. The number of anilines is 3. The van der Waals surface area contributed by atoms with Crippen molar-refractivity contribution >= 4 is 33.4 Å². The van der Waals surface area contributed by atoms with Gasteiger partial charge in [-0.1, -0.05) is 0 Å². The van der Waals surface area contributed by atoms with E-state index in [2.05, 4.69) is 15.3 Å². The smallest absolute Gasteiger partial charge is 0.305 e. The summed E-state index contributed by atoms with van der Waals surface area (Å²) in [6, 6.07) is 0. The Kier molecular flexibility index (Phi) is 4.14. The van der Waals surface area contributed by atoms with E-state index in [1.165, 1.54) is 18.2 Å². The summed E-state index contributed by atoms with van der Waals surface area (Å²) < 4.78 is 37.0. The molecule has 10 nitrogen and oxygen atoms in total. The van der Waals surface area contributed by atoms with Crippen molar-refractivity contribution in [2.45, 2.75) is 18.8 Å². The molecular weight excluding hydrogens is 302 g/mol. The predicted octanol–water partition coefficient (Wildman–Crippen LogP) is -0.585. The van der Waals surface area contributed by atoms with Gasteiger partial charge < -0.3 is 20.7 Å². The van der Waals surface area contributed by atoms with Crippen LogP contribution in [0, 0.1) is 0 Å². The van der Waals surface area contributed by atoms with Crippen molar-refractivity contribution in [3.05, 3.63) is 6.33 Å². The van der Waals surface area contributed by atoms with E-state index in [4.69, 9.17) is 10.5 Å². The fraction of sp³-hybridized carbons (Fsp3) is 0.500. The molecule has 1 atom stereocenters. The van der Waals surface area contributed by atoms with Gasteiger partial charge in [0.1, 0.15) is 12.0 Å². The maximum atomic E-state index is 11.4. The SMILES string of the molecule is CC(=O)OCCCN1c2ncnc(N)c2NC1S(=O)(=O)O. The molecule has 1 aliphatic heterocycles. The van der Waals surface area contributed by atoms with Crippen LogP contribution in [0.4, 0.5) is 17.3 Å². The zero-order valence-electron chi connectivity index (χ0n) is 11.2. The molecular formula is C10H15N5O5S. The molecule has 2 rings (SSSR count). The average Bonchev–Trinajstić information content (AvgIpc) is 2.75. The summed E-state index contributed by atoms with van der Waals surface area (Å²) in [4.78, 5) is 19.7. The Morgan fingerprint density at radius 3 is 2.90 bits per heavy atom. The maximum Gasteiger partial charge on any atom is 0.305 e. The predicted molar refractivity (Wildman–Crippen MR) is 74.0 cm³/mol. The number of esters is 1. The zero-order valence-corrected chi connectivity index (χ0v) is 12.0. The molecule has 1 unspecified atom stereocenters. The van der Waals surface area contributed by atoms with Crippen LogP contribution in [0.25, 0.3) is 0 Å². The zero-order chi connectivity index (χ0) is 15.6. The quantitative estimate of drug-likeness (QED) is 0.365. The summed E-state index contributed by atoms with van der Waals surface area (Å²) in [5.74, 6) is -0.0723. The molecule has 1 aliphatic rings. The Morgan fingerprint density at radius 2 is 2.29 bits per heavy atom. The maximum absolute atomic E-state index is 11.4. The lowest BCUT2D eigenvalue weighted by atomic mass is 10.4. The number of ether oxygens (including phenoxy) is 1. The highest BCUT2D eigenvalue weighted by Gasteiger charge is 2.39. The largest absolute Gasteiger partial charge is 0.466 e. The number of nitrogens with zero attached hydrogens (tertiary/aromatic N) is 3. The van der Waals surface area contributed by atoms with Crippen LogP contribution < -0.4 is 16.0 Å². The normalized spacial score (nSPS) is 17.2. The first-order valence-corrected chi connectivity index (χ1v) is 7.54. The van der Waals surface area contributed by atoms with E-state index in [1.54, 1.807) is 0 Å². The van der Waals surface area contributed by atoms with E-state index in [1.807, 2.05) is 0 Å². The Bertz CT molecular complexity index is 649. The van der Waals surface area contributed by atoms with Gasteiger partial charge in [0.05, 0.1) is 6.61 Å². The first-order valence-electron chi connectivity index (χ1n) is 6.04. The van der Waals surface area contributed by atoms with E-state index in [0.29, 0.717) is 6.42 Å². The summed E-state index contributed by atoms with van der Waals surface area (Å²) in [5, 5.41) is 2.57. The van der Waals surface area contributed by atoms with Crippen LogP contribution in [0.2, 0.25) is 0 Å². The first kappa shape index (κ1) is 15.3. The number of nitrogens with one attached hydrogen (secondary N) is 1. The van der Waals surface area contributed by atoms with Crippen LogP contribution >= 0.6 is 0 Å². The van der Waals surface area contributed by atoms with Crippen molar-refractivity contribution in [2.24, 2.45) is 0 Å². The minimum atomic E-state index is -4.41. The standard InChI is InChI=1S/C10H15N5O5S/c1-6(16)20-4-2-3-15-9-7(8(11)12-5-13-9)14-10(15)21(17,18)19/h5,10,14H,2-4H2,1H3,(H2,11,12,13)(H,17,18,19). The number of rotatable bonds is 5. The number of nitrogen functional groups attached to an aromatic ring is 1. The molecule has 0 fully saturated rings. The third kappa shape index (κ3) is 3.31. The highest BCUT2D eigenvalue weighted by molar-refractivity contribution is 7.86. The molecule has 1 aromatic rings. The van der Waals surface area contributed by atoms with E-state index in [0.717, 1.165) is 0 Å². The second-order valence-corrected chi connectivity index (χ2v) is 5.83. The van der Waals surface area contributed by atoms with Crippen LogP contribution in [-0.4, -0.2) is 47.6 Å². The van der Waals surface area contributed by atoms with Gasteiger partial charge in [-0.05, 0) is 6.42 Å². The third-order valence-electron chi connectivity index (χ3n) is 2.81. The molecule has 116 valence electrons. The Labute approximate surface area is 121 Å². The Balaban J connectivity index is 2.18. The van der Waals surface area contributed by atoms with Crippen molar-refractivity contribution in [1.29, 1.82) is 0 Å². The van der Waals surface area contributed by atoms with Gasteiger partial charge in [-0.25, -0.2) is 9.97 Å². The van der Waals surface area contributed by atoms with Crippen molar-refractivity contribution < 1.29 is 22.5 Å². The van der Waals surface area contributed by atoms with Gasteiger partial charge in [0.2, 0.25) is 5.50 Å². The molecule has 0 saturated heterocycles. The van der Waals surface area contributed by atoms with Crippen LogP contribution in [0.5, 0.6) is 0 Å². The fourth-order valence-corrected chi connectivity index (χ4v) is 2.76. The Hall–Kier alpha value is -2.14. The number of fused-ring (bicyclic) bond motifs is 1. The molecule has 21 heavy (non-hydrogen) atoms. The molecule has 0 amide bonds. The first-order chi connectivity index (χ1) is 9.80. The van der Waals surface area contributed by atoms with Crippen LogP contribution in [0.3, 0.4) is 0 Å². The van der Waals surface area contributed by atoms with E-state index in [-0.39, 0.29) is 30.5 Å². The van der Waals surface area contributed by atoms with Crippen LogP contribution in [-0.2, 0) is 19.6 Å². The molecule has 2 heterocycles. The fourth-order valence-electron chi connectivity index (χ4n) is 1.97. The number of hydrogen-bond acceptors (Lipinski definition) is 9. The van der Waals surface area contributed by atoms with Gasteiger partial charge in [-0.2, -0.15) is 8.42 Å². The number of nitrogens with two attached hydrogens (primary N) is 1. The molecule has 0 aliphatic carbocycles. The lowest BCUT2D eigenvalue weighted by Gasteiger charge is -2.23. The highest BCUT2D eigenvalue weighted by atomic mass is 32.2. The minimum absolute atomic E-state index is 0.0798. The van der Waals surface area contributed by atoms with Gasteiger partial charge in [0, 0.05) is 13.5 Å². The number of carbonyl (C=O) groups is 1. The van der Waals surface area contributed by atoms with Crippen molar-refractivity contribution in [3.63, 3.8) is 0 Å². The van der Waals surface area contributed by atoms with E-state index < -0.39 is 21.6 Å². The second-order valence-electron chi connectivity index (χ2n) is 4.36. The lowest BCUT2D eigenvalue weighted by Crippen LogP contribution is -2.43. The number of hydrogen-bond donors (Lipinski definition) is 3. The van der Waals surface area contributed by atoms with Crippen LogP contribution in [0.1, 0.15) is 13.3 Å². The van der Waals surface area contributed by atoms with E-state index in [9.17, 15) is 17.8 Å². The number of carbonyl (C=O) groups excluding carboxylic acids is 1. The van der Waals surface area contributed by atoms with E-state index >= 15 is 0 Å². The summed E-state index contributed by atoms with van der Waals surface area (Å²) >= 11 is 0. The molecule has 0 aromatic carbocycles. The molecule has 0 saturated carbocycles. The van der Waals surface area contributed by atoms with Gasteiger partial charge in [-0.15, -0.1) is 0 Å². The Morgan fingerprint density at radius 1 is 1.57 bits per heavy atom. The lowest BCUT2D eigenvalue weighted by molar-refractivity contribution is -0.140. The monoisotopic (exact) mass is 317 g/mol. The van der Waals surface area contributed by atoms with Gasteiger partial charge in [0.15, 0.2) is 11.6 Å². The highest BCUT2D eigenvalue weighted by Crippen LogP contribution is 2.36. The molecule has 0 spiro atoms. The minimum Gasteiger partial charge on any atom is -0.466 e. The number of aromatic nitrogens is 2. The molecule has 1 aromatic heterocycles. The summed E-state index contributed by atoms with van der Waals surface area (Å²) in [5.41, 5.74) is 4.49. The molecule has 0 bridgehead atoms. The average molecular weight is 317 g/mol. The van der Waals surface area contributed by atoms with Crippen molar-refractivity contribution in [1.82, 2.24) is 9.97 Å². The molecule has 0 radical (unpaired) electrons. The molecule has 11 heteroatoms. The summed E-state index contributed by atoms with van der Waals surface area (Å²) in [6.07, 6.45) is 1.55. The van der Waals surface area contributed by atoms with Crippen molar-refractivity contribution in [2.75, 3.05) is 29.1 Å².